The van der Waals surface area contributed by atoms with Gasteiger partial charge >= 0.3 is 0 Å². The van der Waals surface area contributed by atoms with Gasteiger partial charge in [-0.15, -0.1) is 0 Å². The molecule has 2 atom stereocenters. The molecule has 6 nitrogen and oxygen atoms in total. The molecule has 3 rings (SSSR count). The van der Waals surface area contributed by atoms with Crippen molar-refractivity contribution in [3.05, 3.63) is 23.8 Å². The molecule has 1 fully saturated rings. The van der Waals surface area contributed by atoms with E-state index >= 15 is 0 Å². The van der Waals surface area contributed by atoms with Gasteiger partial charge in [0.2, 0.25) is 5.91 Å². The van der Waals surface area contributed by atoms with Crippen molar-refractivity contribution in [2.45, 2.75) is 51.3 Å². The van der Waals surface area contributed by atoms with Crippen LogP contribution in [0.3, 0.4) is 0 Å². The summed E-state index contributed by atoms with van der Waals surface area (Å²) in [6, 6.07) is 6.03. The zero-order chi connectivity index (χ0) is 19.2. The van der Waals surface area contributed by atoms with Gasteiger partial charge in [-0.25, -0.2) is 0 Å². The molecule has 1 amide bonds. The van der Waals surface area contributed by atoms with Gasteiger partial charge in [-0.2, -0.15) is 0 Å². The number of hydrogen-bond donors (Lipinski definition) is 1. The zero-order valence-corrected chi connectivity index (χ0v) is 16.9. The Bertz CT molecular complexity index is 637. The fourth-order valence-electron chi connectivity index (χ4n) is 3.98. The van der Waals surface area contributed by atoms with Crippen molar-refractivity contribution in [2.24, 2.45) is 0 Å². The third-order valence-corrected chi connectivity index (χ3v) is 5.67. The Morgan fingerprint density at radius 3 is 2.96 bits per heavy atom. The Hall–Kier alpha value is -1.79. The van der Waals surface area contributed by atoms with Gasteiger partial charge in [-0.05, 0) is 51.1 Å². The third kappa shape index (κ3) is 5.14. The molecule has 0 radical (unpaired) electrons. The molecule has 0 saturated carbocycles. The van der Waals surface area contributed by atoms with E-state index in [1.165, 1.54) is 6.42 Å². The molecule has 1 N–H and O–H groups in total. The first-order valence-electron chi connectivity index (χ1n) is 10.1. The number of hydrogen-bond acceptors (Lipinski definition) is 5. The lowest BCUT2D eigenvalue weighted by atomic mass is 10.0. The molecular weight excluding hydrogens is 342 g/mol. The monoisotopic (exact) mass is 375 g/mol. The molecule has 6 heteroatoms. The van der Waals surface area contributed by atoms with Gasteiger partial charge in [0.25, 0.3) is 0 Å². The fraction of sp³-hybridized carbons (Fsp3) is 0.667. The van der Waals surface area contributed by atoms with Crippen molar-refractivity contribution < 1.29 is 14.3 Å². The Kier molecular flexibility index (Phi) is 6.96. The maximum atomic E-state index is 12.5. The first-order chi connectivity index (χ1) is 13.1. The van der Waals surface area contributed by atoms with Crippen LogP contribution in [0.2, 0.25) is 0 Å². The molecule has 1 aromatic rings. The number of methoxy groups -OCH3 is 1. The fourth-order valence-corrected chi connectivity index (χ4v) is 3.98. The number of likely N-dealkylation sites (N-methyl/N-ethyl adjacent to an activating group) is 1. The Labute approximate surface area is 162 Å². The Morgan fingerprint density at radius 1 is 1.37 bits per heavy atom. The summed E-state index contributed by atoms with van der Waals surface area (Å²) in [5, 5.41) is 3.14. The van der Waals surface area contributed by atoms with Crippen molar-refractivity contribution in [1.29, 1.82) is 0 Å². The number of likely N-dealkylation sites (tertiary alicyclic amines) is 1. The van der Waals surface area contributed by atoms with Crippen LogP contribution in [0.1, 0.15) is 38.2 Å². The molecule has 1 saturated heterocycles. The number of benzene rings is 1. The highest BCUT2D eigenvalue weighted by Gasteiger charge is 2.26. The molecule has 1 aromatic carbocycles. The number of nitrogens with zero attached hydrogens (tertiary/aromatic N) is 2. The van der Waals surface area contributed by atoms with Crippen molar-refractivity contribution in [3.8, 4) is 11.5 Å². The molecule has 2 aliphatic rings. The standard InChI is InChI=1S/C21H33N3O3/c1-4-17-15-24(14-16-13-18(26-3)8-9-20(16)27-17)12-10-22-21(25)19-7-5-6-11-23(19)2/h8-9,13,17,19H,4-7,10-12,14-15H2,1-3H3,(H,22,25). The lowest BCUT2D eigenvalue weighted by Crippen LogP contribution is -2.49. The van der Waals surface area contributed by atoms with Gasteiger partial charge in [0.1, 0.15) is 17.6 Å². The van der Waals surface area contributed by atoms with Gasteiger partial charge < -0.3 is 14.8 Å². The van der Waals surface area contributed by atoms with E-state index in [0.29, 0.717) is 6.54 Å². The quantitative estimate of drug-likeness (QED) is 0.827. The summed E-state index contributed by atoms with van der Waals surface area (Å²) in [5.41, 5.74) is 1.14. The normalized spacial score (nSPS) is 23.8. The average Bonchev–Trinajstić information content (AvgIpc) is 2.86. The number of ether oxygens (including phenoxy) is 2. The summed E-state index contributed by atoms with van der Waals surface area (Å²) in [6.45, 7) is 6.32. The molecule has 2 unspecified atom stereocenters. The molecule has 0 bridgehead atoms. The minimum absolute atomic E-state index is 0.0274. The number of carbonyl (C=O) groups is 1. The molecule has 0 aliphatic carbocycles. The van der Waals surface area contributed by atoms with E-state index in [0.717, 1.165) is 62.5 Å². The highest BCUT2D eigenvalue weighted by atomic mass is 16.5. The third-order valence-electron chi connectivity index (χ3n) is 5.67. The van der Waals surface area contributed by atoms with Crippen LogP contribution in [-0.2, 0) is 11.3 Å². The molecule has 0 aromatic heterocycles. The molecule has 2 heterocycles. The maximum absolute atomic E-state index is 12.5. The van der Waals surface area contributed by atoms with E-state index < -0.39 is 0 Å². The van der Waals surface area contributed by atoms with Crippen molar-refractivity contribution in [2.75, 3.05) is 40.3 Å². The highest BCUT2D eigenvalue weighted by Crippen LogP contribution is 2.29. The number of piperidine rings is 1. The number of nitrogens with one attached hydrogen (secondary N) is 1. The SMILES string of the molecule is CCC1CN(CCNC(=O)C2CCCCN2C)Cc2cc(OC)ccc2O1. The van der Waals surface area contributed by atoms with E-state index in [4.69, 9.17) is 9.47 Å². The summed E-state index contributed by atoms with van der Waals surface area (Å²) in [5.74, 6) is 1.95. The van der Waals surface area contributed by atoms with E-state index in [-0.39, 0.29) is 18.1 Å². The number of amides is 1. The van der Waals surface area contributed by atoms with Gasteiger partial charge in [0.05, 0.1) is 13.2 Å². The summed E-state index contributed by atoms with van der Waals surface area (Å²) >= 11 is 0. The second kappa shape index (κ2) is 9.42. The summed E-state index contributed by atoms with van der Waals surface area (Å²) < 4.78 is 11.5. The van der Waals surface area contributed by atoms with E-state index in [1.807, 2.05) is 19.2 Å². The smallest absolute Gasteiger partial charge is 0.237 e. The van der Waals surface area contributed by atoms with Crippen LogP contribution >= 0.6 is 0 Å². The predicted octanol–water partition coefficient (Wildman–Crippen LogP) is 2.27. The highest BCUT2D eigenvalue weighted by molar-refractivity contribution is 5.81. The van der Waals surface area contributed by atoms with E-state index in [1.54, 1.807) is 7.11 Å². The molecule has 27 heavy (non-hydrogen) atoms. The van der Waals surface area contributed by atoms with Crippen LogP contribution in [0, 0.1) is 0 Å². The molecular formula is C21H33N3O3. The van der Waals surface area contributed by atoms with Crippen molar-refractivity contribution in [3.63, 3.8) is 0 Å². The second-order valence-electron chi connectivity index (χ2n) is 7.64. The van der Waals surface area contributed by atoms with Gasteiger partial charge in [-0.3, -0.25) is 14.6 Å². The predicted molar refractivity (Wildman–Crippen MR) is 106 cm³/mol. The van der Waals surface area contributed by atoms with Crippen molar-refractivity contribution >= 4 is 5.91 Å². The average molecular weight is 376 g/mol. The van der Waals surface area contributed by atoms with Crippen LogP contribution < -0.4 is 14.8 Å². The summed E-state index contributed by atoms with van der Waals surface area (Å²) in [4.78, 5) is 17.0. The zero-order valence-electron chi connectivity index (χ0n) is 16.9. The maximum Gasteiger partial charge on any atom is 0.237 e. The van der Waals surface area contributed by atoms with Crippen LogP contribution in [0.25, 0.3) is 0 Å². The van der Waals surface area contributed by atoms with Crippen LogP contribution in [0.5, 0.6) is 11.5 Å². The van der Waals surface area contributed by atoms with Gasteiger partial charge in [-0.1, -0.05) is 13.3 Å². The molecule has 2 aliphatic heterocycles. The molecule has 0 spiro atoms. The first-order valence-corrected chi connectivity index (χ1v) is 10.1. The van der Waals surface area contributed by atoms with Gasteiger partial charge in [0.15, 0.2) is 0 Å². The van der Waals surface area contributed by atoms with Crippen LogP contribution in [-0.4, -0.2) is 68.2 Å². The number of carbonyl (C=O) groups excluding carboxylic acids is 1. The lowest BCUT2D eigenvalue weighted by molar-refractivity contribution is -0.127. The van der Waals surface area contributed by atoms with Crippen molar-refractivity contribution in [1.82, 2.24) is 15.1 Å². The Morgan fingerprint density at radius 2 is 2.22 bits per heavy atom. The van der Waals surface area contributed by atoms with E-state index in [9.17, 15) is 4.79 Å². The topological polar surface area (TPSA) is 54.0 Å². The van der Waals surface area contributed by atoms with Crippen LogP contribution in [0.15, 0.2) is 18.2 Å². The summed E-state index contributed by atoms with van der Waals surface area (Å²) in [6.07, 6.45) is 4.42. The van der Waals surface area contributed by atoms with Gasteiger partial charge in [0, 0.05) is 31.7 Å². The Balaban J connectivity index is 1.57. The second-order valence-corrected chi connectivity index (χ2v) is 7.64. The first kappa shape index (κ1) is 20.0. The minimum atomic E-state index is 0.0274. The lowest BCUT2D eigenvalue weighted by Gasteiger charge is -2.31. The van der Waals surface area contributed by atoms with Crippen LogP contribution in [0.4, 0.5) is 0 Å². The van der Waals surface area contributed by atoms with E-state index in [2.05, 4.69) is 28.1 Å². The molecule has 150 valence electrons. The summed E-state index contributed by atoms with van der Waals surface area (Å²) in [7, 11) is 3.73. The number of fused-ring (bicyclic) bond motifs is 1. The number of rotatable bonds is 6. The minimum Gasteiger partial charge on any atom is -0.497 e. The largest absolute Gasteiger partial charge is 0.497 e.